The number of nitrogens with one attached hydrogen (secondary N) is 3. The van der Waals surface area contributed by atoms with Crippen LogP contribution in [-0.2, 0) is 0 Å². The quantitative estimate of drug-likeness (QED) is 0.517. The number of aromatic amines is 2. The Hall–Kier alpha value is -3.25. The van der Waals surface area contributed by atoms with Gasteiger partial charge in [0.05, 0.1) is 5.69 Å². The van der Waals surface area contributed by atoms with Crippen LogP contribution in [0.15, 0.2) is 64.2 Å². The van der Waals surface area contributed by atoms with Gasteiger partial charge in [-0.05, 0) is 36.8 Å². The van der Waals surface area contributed by atoms with Crippen LogP contribution in [0.1, 0.15) is 5.56 Å². The second-order valence-corrected chi connectivity index (χ2v) is 6.46. The molecule has 6 nitrogen and oxygen atoms in total. The lowest BCUT2D eigenvalue weighted by Gasteiger charge is -2.07. The van der Waals surface area contributed by atoms with Crippen molar-refractivity contribution in [2.24, 2.45) is 0 Å². The minimum absolute atomic E-state index is 0.273. The normalized spacial score (nSPS) is 11.0. The number of fused-ring (bicyclic) bond motifs is 1. The van der Waals surface area contributed by atoms with E-state index in [4.69, 9.17) is 11.6 Å². The number of halogens is 1. The largest absolute Gasteiger partial charge is 0.348 e. The SMILES string of the molecule is Cc1ccc(Nc2c(=O)[nH]n3c(=O)cc(-c4cccc(Cl)c4)[nH]c23)cc1. The van der Waals surface area contributed by atoms with Crippen LogP contribution in [0.2, 0.25) is 5.02 Å². The van der Waals surface area contributed by atoms with E-state index in [1.807, 2.05) is 37.3 Å². The number of H-pyrrole nitrogens is 2. The summed E-state index contributed by atoms with van der Waals surface area (Å²) in [5.74, 6) is 0. The molecule has 26 heavy (non-hydrogen) atoms. The van der Waals surface area contributed by atoms with Crippen LogP contribution in [0.3, 0.4) is 0 Å². The molecule has 0 amide bonds. The van der Waals surface area contributed by atoms with Gasteiger partial charge >= 0.3 is 0 Å². The lowest BCUT2D eigenvalue weighted by atomic mass is 10.1. The zero-order valence-corrected chi connectivity index (χ0v) is 14.6. The lowest BCUT2D eigenvalue weighted by Crippen LogP contribution is -2.15. The zero-order chi connectivity index (χ0) is 18.3. The first-order chi connectivity index (χ1) is 12.5. The summed E-state index contributed by atoms with van der Waals surface area (Å²) in [5, 5.41) is 6.19. The fraction of sp³-hybridized carbons (Fsp3) is 0.0526. The van der Waals surface area contributed by atoms with Gasteiger partial charge in [-0.1, -0.05) is 41.4 Å². The van der Waals surface area contributed by atoms with Gasteiger partial charge in [-0.15, -0.1) is 0 Å². The number of aromatic nitrogens is 3. The number of benzene rings is 2. The van der Waals surface area contributed by atoms with Crippen LogP contribution in [-0.4, -0.2) is 14.6 Å². The molecule has 7 heteroatoms. The molecule has 3 N–H and O–H groups in total. The number of rotatable bonds is 3. The number of aryl methyl sites for hydroxylation is 1. The van der Waals surface area contributed by atoms with Crippen LogP contribution >= 0.6 is 11.6 Å². The molecule has 0 saturated carbocycles. The van der Waals surface area contributed by atoms with Gasteiger partial charge in [-0.25, -0.2) is 0 Å². The molecule has 2 aromatic carbocycles. The number of hydrogen-bond donors (Lipinski definition) is 3. The fourth-order valence-corrected chi connectivity index (χ4v) is 2.97. The first kappa shape index (κ1) is 16.2. The molecule has 0 aliphatic rings. The highest BCUT2D eigenvalue weighted by atomic mass is 35.5. The Morgan fingerprint density at radius 3 is 2.54 bits per heavy atom. The fourth-order valence-electron chi connectivity index (χ4n) is 2.78. The molecule has 4 aromatic rings. The maximum atomic E-state index is 12.4. The average Bonchev–Trinajstić information content (AvgIpc) is 2.93. The zero-order valence-electron chi connectivity index (χ0n) is 13.8. The topological polar surface area (TPSA) is 82.2 Å². The van der Waals surface area contributed by atoms with E-state index in [9.17, 15) is 9.59 Å². The third-order valence-electron chi connectivity index (χ3n) is 4.10. The summed E-state index contributed by atoms with van der Waals surface area (Å²) in [5.41, 5.74) is 3.10. The van der Waals surface area contributed by atoms with Gasteiger partial charge in [0.2, 0.25) is 0 Å². The van der Waals surface area contributed by atoms with E-state index in [1.54, 1.807) is 18.2 Å². The van der Waals surface area contributed by atoms with Crippen molar-refractivity contribution in [3.63, 3.8) is 0 Å². The Balaban J connectivity index is 1.88. The van der Waals surface area contributed by atoms with E-state index in [-0.39, 0.29) is 16.8 Å². The Labute approximate surface area is 153 Å². The number of anilines is 2. The highest BCUT2D eigenvalue weighted by Crippen LogP contribution is 2.22. The molecule has 130 valence electrons. The van der Waals surface area contributed by atoms with E-state index in [1.165, 1.54) is 10.6 Å². The minimum atomic E-state index is -0.387. The van der Waals surface area contributed by atoms with E-state index in [2.05, 4.69) is 15.4 Å². The molecule has 0 atom stereocenters. The molecule has 4 rings (SSSR count). The molecule has 0 radical (unpaired) electrons. The van der Waals surface area contributed by atoms with E-state index >= 15 is 0 Å². The first-order valence-electron chi connectivity index (χ1n) is 7.99. The van der Waals surface area contributed by atoms with Gasteiger partial charge < -0.3 is 10.3 Å². The molecule has 0 bridgehead atoms. The molecule has 0 spiro atoms. The molecular weight excluding hydrogens is 352 g/mol. The Morgan fingerprint density at radius 1 is 1.04 bits per heavy atom. The van der Waals surface area contributed by atoms with E-state index in [0.29, 0.717) is 16.4 Å². The lowest BCUT2D eigenvalue weighted by molar-refractivity contribution is 0.884. The highest BCUT2D eigenvalue weighted by molar-refractivity contribution is 6.30. The van der Waals surface area contributed by atoms with Crippen LogP contribution in [0, 0.1) is 6.92 Å². The second-order valence-electron chi connectivity index (χ2n) is 6.02. The summed E-state index contributed by atoms with van der Waals surface area (Å²) in [6, 6.07) is 16.2. The van der Waals surface area contributed by atoms with Crippen molar-refractivity contribution in [1.29, 1.82) is 0 Å². The van der Waals surface area contributed by atoms with Crippen molar-refractivity contribution in [2.45, 2.75) is 6.92 Å². The van der Waals surface area contributed by atoms with Gasteiger partial charge in [0.25, 0.3) is 11.1 Å². The Kier molecular flexibility index (Phi) is 3.89. The van der Waals surface area contributed by atoms with Crippen LogP contribution < -0.4 is 16.4 Å². The van der Waals surface area contributed by atoms with Crippen LogP contribution in [0.4, 0.5) is 11.4 Å². The van der Waals surface area contributed by atoms with Crippen molar-refractivity contribution < 1.29 is 0 Å². The van der Waals surface area contributed by atoms with Crippen LogP contribution in [0.25, 0.3) is 16.9 Å². The van der Waals surface area contributed by atoms with Crippen LogP contribution in [0.5, 0.6) is 0 Å². The predicted molar refractivity (Wildman–Crippen MR) is 104 cm³/mol. The molecule has 0 aliphatic heterocycles. The van der Waals surface area contributed by atoms with E-state index < -0.39 is 0 Å². The highest BCUT2D eigenvalue weighted by Gasteiger charge is 2.13. The van der Waals surface area contributed by atoms with Gasteiger partial charge in [-0.3, -0.25) is 14.7 Å². The van der Waals surface area contributed by atoms with Crippen molar-refractivity contribution in [1.82, 2.24) is 14.6 Å². The molecular formula is C19H15ClN4O2. The minimum Gasteiger partial charge on any atom is -0.348 e. The summed E-state index contributed by atoms with van der Waals surface area (Å²) in [7, 11) is 0. The van der Waals surface area contributed by atoms with Crippen molar-refractivity contribution in [3.05, 3.63) is 85.9 Å². The Bertz CT molecular complexity index is 1220. The Morgan fingerprint density at radius 2 is 1.81 bits per heavy atom. The first-order valence-corrected chi connectivity index (χ1v) is 8.37. The molecule has 0 saturated heterocycles. The molecule has 0 aliphatic carbocycles. The monoisotopic (exact) mass is 366 g/mol. The van der Waals surface area contributed by atoms with Crippen molar-refractivity contribution in [3.8, 4) is 11.3 Å². The third kappa shape index (κ3) is 2.91. The predicted octanol–water partition coefficient (Wildman–Crippen LogP) is 3.69. The summed E-state index contributed by atoms with van der Waals surface area (Å²) in [4.78, 5) is 27.9. The van der Waals surface area contributed by atoms with Crippen molar-refractivity contribution >= 4 is 28.6 Å². The van der Waals surface area contributed by atoms with E-state index in [0.717, 1.165) is 16.8 Å². The smallest absolute Gasteiger partial charge is 0.290 e. The van der Waals surface area contributed by atoms with Gasteiger partial charge in [0, 0.05) is 16.8 Å². The summed E-state index contributed by atoms with van der Waals surface area (Å²) in [6.45, 7) is 1.99. The third-order valence-corrected chi connectivity index (χ3v) is 4.33. The summed E-state index contributed by atoms with van der Waals surface area (Å²) in [6.07, 6.45) is 0. The number of nitrogens with zero attached hydrogens (tertiary/aromatic N) is 1. The summed E-state index contributed by atoms with van der Waals surface area (Å²) < 4.78 is 1.19. The summed E-state index contributed by atoms with van der Waals surface area (Å²) >= 11 is 6.04. The maximum Gasteiger partial charge on any atom is 0.290 e. The molecule has 0 unspecified atom stereocenters. The van der Waals surface area contributed by atoms with Gasteiger partial charge in [0.15, 0.2) is 5.65 Å². The maximum absolute atomic E-state index is 12.4. The average molecular weight is 367 g/mol. The number of hydrogen-bond acceptors (Lipinski definition) is 3. The van der Waals surface area contributed by atoms with Gasteiger partial charge in [0.1, 0.15) is 5.69 Å². The molecule has 0 fully saturated rings. The van der Waals surface area contributed by atoms with Crippen molar-refractivity contribution in [2.75, 3.05) is 5.32 Å². The second kappa shape index (κ2) is 6.24. The molecule has 2 heterocycles. The standard InChI is InChI=1S/C19H15ClN4O2/c1-11-5-7-14(8-6-11)21-17-18-22-15(12-3-2-4-13(20)9-12)10-16(25)24(18)23-19(17)26/h2-10,21-22H,1H3,(H,23,26). The van der Waals surface area contributed by atoms with Gasteiger partial charge in [-0.2, -0.15) is 4.52 Å². The molecule has 2 aromatic heterocycles.